The first-order chi connectivity index (χ1) is 14.1. The van der Waals surface area contributed by atoms with E-state index in [9.17, 15) is 0 Å². The van der Waals surface area contributed by atoms with E-state index in [0.717, 1.165) is 0 Å². The molecule has 0 aliphatic rings. The maximum atomic E-state index is 5.48. The van der Waals surface area contributed by atoms with Gasteiger partial charge in [-0.05, 0) is 42.2 Å². The molecule has 0 saturated carbocycles. The van der Waals surface area contributed by atoms with Gasteiger partial charge in [0.1, 0.15) is 12.4 Å². The van der Waals surface area contributed by atoms with E-state index in [1.807, 2.05) is 6.08 Å². The van der Waals surface area contributed by atoms with Crippen LogP contribution in [0, 0.1) is 6.92 Å². The molecule has 1 nitrogen and oxygen atoms in total. The number of aryl methyl sites for hydroxylation is 1. The molecule has 0 aliphatic heterocycles. The van der Waals surface area contributed by atoms with Crippen LogP contribution < -0.4 is 0 Å². The molecule has 0 aliphatic carbocycles. The van der Waals surface area contributed by atoms with Gasteiger partial charge in [0.2, 0.25) is 0 Å². The Morgan fingerprint density at radius 1 is 0.867 bits per heavy atom. The lowest BCUT2D eigenvalue weighted by atomic mass is 9.74. The summed E-state index contributed by atoms with van der Waals surface area (Å²) in [7, 11) is 0. The van der Waals surface area contributed by atoms with E-state index in [-0.39, 0.29) is 10.8 Å². The minimum Gasteiger partial charge on any atom is -0.490 e. The zero-order valence-corrected chi connectivity index (χ0v) is 19.5. The molecule has 2 aromatic rings. The fraction of sp³-hybridized carbons (Fsp3) is 0.310. The van der Waals surface area contributed by atoms with E-state index in [4.69, 9.17) is 4.74 Å². The predicted octanol–water partition coefficient (Wildman–Crippen LogP) is 7.82. The number of allylic oxidation sites excluding steroid dienone is 4. The van der Waals surface area contributed by atoms with Crippen molar-refractivity contribution in [1.29, 1.82) is 0 Å². The first-order valence-electron chi connectivity index (χ1n) is 10.6. The van der Waals surface area contributed by atoms with E-state index in [0.29, 0.717) is 12.4 Å². The third-order valence-corrected chi connectivity index (χ3v) is 5.97. The molecule has 0 unspecified atom stereocenters. The Kier molecular flexibility index (Phi) is 7.67. The highest BCUT2D eigenvalue weighted by Crippen LogP contribution is 2.36. The summed E-state index contributed by atoms with van der Waals surface area (Å²) in [6.45, 7) is 21.3. The summed E-state index contributed by atoms with van der Waals surface area (Å²) in [4.78, 5) is 0. The average Bonchev–Trinajstić information content (AvgIpc) is 2.73. The van der Waals surface area contributed by atoms with Crippen molar-refractivity contribution in [2.24, 2.45) is 0 Å². The van der Waals surface area contributed by atoms with E-state index in [2.05, 4.69) is 115 Å². The van der Waals surface area contributed by atoms with Gasteiger partial charge < -0.3 is 4.74 Å². The van der Waals surface area contributed by atoms with Crippen LogP contribution in [0.15, 0.2) is 97.3 Å². The Morgan fingerprint density at radius 2 is 1.37 bits per heavy atom. The third-order valence-electron chi connectivity index (χ3n) is 5.97. The fourth-order valence-corrected chi connectivity index (χ4v) is 3.67. The van der Waals surface area contributed by atoms with Gasteiger partial charge in [0.05, 0.1) is 0 Å². The molecule has 0 heterocycles. The lowest BCUT2D eigenvalue weighted by Crippen LogP contribution is -2.22. The smallest absolute Gasteiger partial charge is 0.112 e. The molecule has 30 heavy (non-hydrogen) atoms. The summed E-state index contributed by atoms with van der Waals surface area (Å²) in [6, 6.07) is 17.9. The molecule has 158 valence electrons. The molecular weight excluding hydrogens is 364 g/mol. The second-order valence-electron chi connectivity index (χ2n) is 8.84. The molecule has 0 radical (unpaired) electrons. The van der Waals surface area contributed by atoms with Gasteiger partial charge in [-0.2, -0.15) is 0 Å². The maximum Gasteiger partial charge on any atom is 0.112 e. The molecule has 2 aromatic carbocycles. The second kappa shape index (κ2) is 9.80. The lowest BCUT2D eigenvalue weighted by Gasteiger charge is -2.30. The van der Waals surface area contributed by atoms with Crippen molar-refractivity contribution in [3.8, 4) is 0 Å². The van der Waals surface area contributed by atoms with Crippen LogP contribution in [0.2, 0.25) is 0 Å². The van der Waals surface area contributed by atoms with Gasteiger partial charge in [-0.15, -0.1) is 0 Å². The van der Waals surface area contributed by atoms with Crippen LogP contribution in [0.5, 0.6) is 0 Å². The van der Waals surface area contributed by atoms with Crippen LogP contribution in [-0.4, -0.2) is 6.61 Å². The van der Waals surface area contributed by atoms with Gasteiger partial charge in [0, 0.05) is 10.8 Å². The summed E-state index contributed by atoms with van der Waals surface area (Å²) < 4.78 is 5.48. The highest BCUT2D eigenvalue weighted by molar-refractivity contribution is 5.45. The summed E-state index contributed by atoms with van der Waals surface area (Å²) in [5.74, 6) is 0.639. The first kappa shape index (κ1) is 23.5. The number of ether oxygens (including phenoxy) is 1. The van der Waals surface area contributed by atoms with Gasteiger partial charge in [-0.1, -0.05) is 113 Å². The lowest BCUT2D eigenvalue weighted by molar-refractivity contribution is 0.263. The predicted molar refractivity (Wildman–Crippen MR) is 131 cm³/mol. The standard InChI is InChI=1S/C29H36O/c1-9-21-30-23(4)13-16-24(10-2)28(5,6)26-17-19-27(20-18-26)29(7,8)25-14-11-22(3)12-15-25/h9-20H,1,4,21H2,2-3,5-8H3/b16-13-,24-10+. The molecule has 0 bridgehead atoms. The zero-order valence-electron chi connectivity index (χ0n) is 19.5. The van der Waals surface area contributed by atoms with E-state index >= 15 is 0 Å². The van der Waals surface area contributed by atoms with Crippen molar-refractivity contribution in [3.63, 3.8) is 0 Å². The number of rotatable bonds is 9. The van der Waals surface area contributed by atoms with E-state index in [1.54, 1.807) is 6.08 Å². The normalized spacial score (nSPS) is 12.8. The van der Waals surface area contributed by atoms with Gasteiger partial charge in [-0.25, -0.2) is 0 Å². The molecule has 0 spiro atoms. The average molecular weight is 401 g/mol. The minimum atomic E-state index is -0.128. The Labute approximate surface area is 183 Å². The Balaban J connectivity index is 2.26. The first-order valence-corrected chi connectivity index (χ1v) is 10.6. The molecule has 2 rings (SSSR count). The number of hydrogen-bond donors (Lipinski definition) is 0. The van der Waals surface area contributed by atoms with Gasteiger partial charge in [0.25, 0.3) is 0 Å². The van der Waals surface area contributed by atoms with Crippen LogP contribution in [0.3, 0.4) is 0 Å². The van der Waals surface area contributed by atoms with Crippen molar-refractivity contribution < 1.29 is 4.74 Å². The molecule has 0 fully saturated rings. The highest BCUT2D eigenvalue weighted by atomic mass is 16.5. The Morgan fingerprint density at radius 3 is 1.87 bits per heavy atom. The largest absolute Gasteiger partial charge is 0.490 e. The second-order valence-corrected chi connectivity index (χ2v) is 8.84. The van der Waals surface area contributed by atoms with Crippen molar-refractivity contribution in [2.45, 2.75) is 52.4 Å². The SMILES string of the molecule is C=CCOC(=C)/C=C\C(=C/C)C(C)(C)c1ccc(C(C)(C)c2ccc(C)cc2)cc1. The van der Waals surface area contributed by atoms with Gasteiger partial charge in [0.15, 0.2) is 0 Å². The Hall–Kier alpha value is -2.80. The number of hydrogen-bond acceptors (Lipinski definition) is 1. The molecule has 0 atom stereocenters. The van der Waals surface area contributed by atoms with Gasteiger partial charge in [-0.3, -0.25) is 0 Å². The number of benzene rings is 2. The summed E-state index contributed by atoms with van der Waals surface area (Å²) in [5.41, 5.74) is 6.26. The molecule has 0 aromatic heterocycles. The minimum absolute atomic E-state index is 0.0417. The summed E-state index contributed by atoms with van der Waals surface area (Å²) in [5, 5.41) is 0. The summed E-state index contributed by atoms with van der Waals surface area (Å²) in [6.07, 6.45) is 7.89. The fourth-order valence-electron chi connectivity index (χ4n) is 3.67. The molecule has 0 amide bonds. The highest BCUT2D eigenvalue weighted by Gasteiger charge is 2.26. The van der Waals surface area contributed by atoms with E-state index in [1.165, 1.54) is 27.8 Å². The van der Waals surface area contributed by atoms with Crippen LogP contribution >= 0.6 is 0 Å². The summed E-state index contributed by atoms with van der Waals surface area (Å²) >= 11 is 0. The topological polar surface area (TPSA) is 9.23 Å². The van der Waals surface area contributed by atoms with Crippen molar-refractivity contribution >= 4 is 0 Å². The zero-order chi connectivity index (χ0) is 22.4. The van der Waals surface area contributed by atoms with Crippen LogP contribution in [-0.2, 0) is 15.6 Å². The van der Waals surface area contributed by atoms with Crippen LogP contribution in [0.4, 0.5) is 0 Å². The molecule has 0 N–H and O–H groups in total. The van der Waals surface area contributed by atoms with Crippen LogP contribution in [0.25, 0.3) is 0 Å². The van der Waals surface area contributed by atoms with Crippen molar-refractivity contribution in [3.05, 3.63) is 120 Å². The molecule has 0 saturated heterocycles. The van der Waals surface area contributed by atoms with Gasteiger partial charge >= 0.3 is 0 Å². The quantitative estimate of drug-likeness (QED) is 0.237. The molecular formula is C29H36O. The van der Waals surface area contributed by atoms with E-state index < -0.39 is 0 Å². The maximum absolute atomic E-state index is 5.48. The van der Waals surface area contributed by atoms with Crippen molar-refractivity contribution in [1.82, 2.24) is 0 Å². The van der Waals surface area contributed by atoms with Crippen LogP contribution in [0.1, 0.15) is 56.9 Å². The Bertz CT molecular complexity index is 919. The van der Waals surface area contributed by atoms with Crippen molar-refractivity contribution in [2.75, 3.05) is 6.61 Å². The third kappa shape index (κ3) is 5.42. The monoisotopic (exact) mass is 400 g/mol. The molecule has 1 heteroatoms.